The zero-order valence-electron chi connectivity index (χ0n) is 17.6. The first-order valence-corrected chi connectivity index (χ1v) is 11.5. The maximum Gasteiger partial charge on any atom is 0.275 e. The van der Waals surface area contributed by atoms with Crippen LogP contribution in [0, 0.1) is 5.92 Å². The summed E-state index contributed by atoms with van der Waals surface area (Å²) in [6, 6.07) is 14.8. The normalized spacial score (nSPS) is 13.9. The number of nitrogens with one attached hydrogen (secondary N) is 1. The van der Waals surface area contributed by atoms with Gasteiger partial charge in [-0.05, 0) is 36.6 Å². The summed E-state index contributed by atoms with van der Waals surface area (Å²) in [7, 11) is -3.72. The van der Waals surface area contributed by atoms with Crippen molar-refractivity contribution in [2.24, 2.45) is 11.1 Å². The molecule has 0 aliphatic carbocycles. The van der Waals surface area contributed by atoms with Gasteiger partial charge in [0.25, 0.3) is 5.91 Å². The summed E-state index contributed by atoms with van der Waals surface area (Å²) < 4.78 is 22.7. The SMILES string of the molecule is CCc1ccc([C@H]([NH2+]CC(=O)N[C@@H](C)c2ccc(S(N)(=O)=O)cc2)C(C)C)cc1. The molecular formula is C22H32N3O3S+. The fourth-order valence-corrected chi connectivity index (χ4v) is 3.85. The molecule has 0 unspecified atom stereocenters. The van der Waals surface area contributed by atoms with E-state index in [1.807, 2.05) is 6.92 Å². The van der Waals surface area contributed by atoms with Gasteiger partial charge < -0.3 is 10.6 Å². The molecule has 0 fully saturated rings. The summed E-state index contributed by atoms with van der Waals surface area (Å²) in [6.45, 7) is 8.63. The fraction of sp³-hybridized carbons (Fsp3) is 0.409. The summed E-state index contributed by atoms with van der Waals surface area (Å²) >= 11 is 0. The molecule has 5 N–H and O–H groups in total. The highest BCUT2D eigenvalue weighted by Crippen LogP contribution is 2.18. The number of benzene rings is 2. The van der Waals surface area contributed by atoms with Gasteiger partial charge in [-0.15, -0.1) is 0 Å². The van der Waals surface area contributed by atoms with Crippen molar-refractivity contribution in [3.63, 3.8) is 0 Å². The first-order valence-electron chi connectivity index (χ1n) is 9.96. The van der Waals surface area contributed by atoms with Crippen LogP contribution in [0.2, 0.25) is 0 Å². The van der Waals surface area contributed by atoms with E-state index < -0.39 is 10.0 Å². The molecule has 2 aromatic rings. The molecule has 0 saturated carbocycles. The second-order valence-corrected chi connectivity index (χ2v) is 9.27. The van der Waals surface area contributed by atoms with Crippen molar-refractivity contribution in [1.82, 2.24) is 5.32 Å². The number of rotatable bonds is 9. The number of hydrogen-bond donors (Lipinski definition) is 3. The molecule has 0 spiro atoms. The van der Waals surface area contributed by atoms with Crippen molar-refractivity contribution in [3.05, 3.63) is 65.2 Å². The summed E-state index contributed by atoms with van der Waals surface area (Å²) in [4.78, 5) is 12.5. The Hall–Kier alpha value is -2.22. The second kappa shape index (κ2) is 10.0. The van der Waals surface area contributed by atoms with Crippen LogP contribution in [0.5, 0.6) is 0 Å². The third-order valence-corrected chi connectivity index (χ3v) is 6.06. The largest absolute Gasteiger partial charge is 0.345 e. The van der Waals surface area contributed by atoms with E-state index in [4.69, 9.17) is 5.14 Å². The van der Waals surface area contributed by atoms with Gasteiger partial charge in [0, 0.05) is 11.5 Å². The topological polar surface area (TPSA) is 106 Å². The smallest absolute Gasteiger partial charge is 0.275 e. The quantitative estimate of drug-likeness (QED) is 0.580. The number of amides is 1. The Bertz CT molecular complexity index is 907. The predicted octanol–water partition coefficient (Wildman–Crippen LogP) is 2.03. The van der Waals surface area contributed by atoms with Gasteiger partial charge in [0.15, 0.2) is 6.54 Å². The molecule has 2 aromatic carbocycles. The number of primary sulfonamides is 1. The third-order valence-electron chi connectivity index (χ3n) is 5.13. The lowest BCUT2D eigenvalue weighted by molar-refractivity contribution is -0.692. The van der Waals surface area contributed by atoms with Crippen LogP contribution >= 0.6 is 0 Å². The number of nitrogens with two attached hydrogens (primary N) is 2. The van der Waals surface area contributed by atoms with Gasteiger partial charge in [0.05, 0.1) is 10.9 Å². The van der Waals surface area contributed by atoms with Crippen LogP contribution in [-0.4, -0.2) is 20.9 Å². The van der Waals surface area contributed by atoms with Crippen LogP contribution in [0.15, 0.2) is 53.4 Å². The molecule has 0 bridgehead atoms. The zero-order chi connectivity index (χ0) is 21.6. The molecule has 0 saturated heterocycles. The van der Waals surface area contributed by atoms with E-state index in [0.29, 0.717) is 12.5 Å². The van der Waals surface area contributed by atoms with E-state index in [9.17, 15) is 13.2 Å². The maximum atomic E-state index is 12.5. The molecule has 1 amide bonds. The van der Waals surface area contributed by atoms with Crippen LogP contribution in [-0.2, 0) is 21.2 Å². The van der Waals surface area contributed by atoms with Crippen LogP contribution < -0.4 is 15.8 Å². The van der Waals surface area contributed by atoms with E-state index in [1.165, 1.54) is 23.3 Å². The molecule has 0 aromatic heterocycles. The van der Waals surface area contributed by atoms with Crippen molar-refractivity contribution in [3.8, 4) is 0 Å². The average molecular weight is 419 g/mol. The Morgan fingerprint density at radius 3 is 2.03 bits per heavy atom. The number of carbonyl (C=O) groups is 1. The Morgan fingerprint density at radius 1 is 1.00 bits per heavy atom. The van der Waals surface area contributed by atoms with Crippen LogP contribution in [0.4, 0.5) is 0 Å². The Kier molecular flexibility index (Phi) is 7.96. The first kappa shape index (κ1) is 23.1. The number of hydrogen-bond acceptors (Lipinski definition) is 3. The van der Waals surface area contributed by atoms with Gasteiger partial charge >= 0.3 is 0 Å². The second-order valence-electron chi connectivity index (χ2n) is 7.71. The van der Waals surface area contributed by atoms with Crippen LogP contribution in [0.25, 0.3) is 0 Å². The lowest BCUT2D eigenvalue weighted by Gasteiger charge is -2.21. The molecule has 6 nitrogen and oxygen atoms in total. The minimum atomic E-state index is -3.72. The molecule has 0 aliphatic heterocycles. The highest BCUT2D eigenvalue weighted by molar-refractivity contribution is 7.89. The predicted molar refractivity (Wildman–Crippen MR) is 115 cm³/mol. The number of aryl methyl sites for hydroxylation is 1. The van der Waals surface area contributed by atoms with Gasteiger partial charge in [-0.1, -0.05) is 57.2 Å². The van der Waals surface area contributed by atoms with Crippen molar-refractivity contribution >= 4 is 15.9 Å². The van der Waals surface area contributed by atoms with E-state index >= 15 is 0 Å². The number of carbonyl (C=O) groups excluding carboxylic acids is 1. The summed E-state index contributed by atoms with van der Waals surface area (Å²) in [5.41, 5.74) is 3.34. The van der Waals surface area contributed by atoms with Gasteiger partial charge in [-0.2, -0.15) is 0 Å². The first-order chi connectivity index (χ1) is 13.6. The maximum absolute atomic E-state index is 12.5. The van der Waals surface area contributed by atoms with Crippen LogP contribution in [0.3, 0.4) is 0 Å². The molecule has 29 heavy (non-hydrogen) atoms. The molecule has 7 heteroatoms. The van der Waals surface area contributed by atoms with Gasteiger partial charge in [-0.3, -0.25) is 4.79 Å². The van der Waals surface area contributed by atoms with Crippen molar-refractivity contribution in [2.45, 2.75) is 51.1 Å². The highest BCUT2D eigenvalue weighted by atomic mass is 32.2. The molecule has 158 valence electrons. The summed E-state index contributed by atoms with van der Waals surface area (Å²) in [6.07, 6.45) is 1.01. The van der Waals surface area contributed by atoms with E-state index in [1.54, 1.807) is 12.1 Å². The average Bonchev–Trinajstić information content (AvgIpc) is 2.67. The van der Waals surface area contributed by atoms with Crippen molar-refractivity contribution < 1.29 is 18.5 Å². The monoisotopic (exact) mass is 418 g/mol. The number of sulfonamides is 1. The van der Waals surface area contributed by atoms with Crippen molar-refractivity contribution in [2.75, 3.05) is 6.54 Å². The van der Waals surface area contributed by atoms with Gasteiger partial charge in [0.1, 0.15) is 6.04 Å². The van der Waals surface area contributed by atoms with E-state index in [-0.39, 0.29) is 22.9 Å². The Balaban J connectivity index is 1.96. The molecule has 0 radical (unpaired) electrons. The van der Waals surface area contributed by atoms with E-state index in [0.717, 1.165) is 12.0 Å². The van der Waals surface area contributed by atoms with Crippen molar-refractivity contribution in [1.29, 1.82) is 0 Å². The number of quaternary nitrogens is 1. The zero-order valence-corrected chi connectivity index (χ0v) is 18.4. The highest BCUT2D eigenvalue weighted by Gasteiger charge is 2.21. The van der Waals surface area contributed by atoms with Gasteiger partial charge in [0.2, 0.25) is 10.0 Å². The summed E-state index contributed by atoms with van der Waals surface area (Å²) in [5, 5.41) is 10.2. The van der Waals surface area contributed by atoms with Crippen LogP contribution in [0.1, 0.15) is 56.5 Å². The third kappa shape index (κ3) is 6.66. The Labute approximate surface area is 173 Å². The Morgan fingerprint density at radius 2 is 1.55 bits per heavy atom. The standard InChI is InChI=1S/C22H31N3O3S/c1-5-17-6-8-19(9-7-17)22(15(2)3)24-14-21(26)25-16(4)18-10-12-20(13-11-18)29(23,27)28/h6-13,15-16,22,24H,5,14H2,1-4H3,(H,25,26)(H2,23,27,28)/p+1/t16-,22+/m0/s1. The molecule has 2 rings (SSSR count). The minimum Gasteiger partial charge on any atom is -0.345 e. The minimum absolute atomic E-state index is 0.0574. The molecular weight excluding hydrogens is 386 g/mol. The van der Waals surface area contributed by atoms with E-state index in [2.05, 4.69) is 55.7 Å². The molecule has 0 heterocycles. The fourth-order valence-electron chi connectivity index (χ4n) is 3.33. The summed E-state index contributed by atoms with van der Waals surface area (Å²) in [5.74, 6) is 0.322. The lowest BCUT2D eigenvalue weighted by Crippen LogP contribution is -2.88. The lowest BCUT2D eigenvalue weighted by atomic mass is 9.95. The molecule has 2 atom stereocenters. The van der Waals surface area contributed by atoms with Gasteiger partial charge in [-0.25, -0.2) is 13.6 Å². The molecule has 0 aliphatic rings.